The topological polar surface area (TPSA) is 195 Å². The van der Waals surface area contributed by atoms with Crippen LogP contribution in [0.5, 0.6) is 23.0 Å². The average Bonchev–Trinajstić information content (AvgIpc) is 3.43. The number of carboxylic acids is 1. The van der Waals surface area contributed by atoms with Gasteiger partial charge in [0.2, 0.25) is 5.36 Å². The Labute approximate surface area is 437 Å². The van der Waals surface area contributed by atoms with Crippen molar-refractivity contribution in [3.63, 3.8) is 0 Å². The van der Waals surface area contributed by atoms with Crippen LogP contribution >= 0.6 is 12.2 Å². The number of carbonyl (C=O) groups excluding carboxylic acids is 1. The van der Waals surface area contributed by atoms with Gasteiger partial charge in [-0.25, -0.2) is 9.37 Å². The maximum absolute atomic E-state index is 13.8. The number of nitrogens with one attached hydrogen (secondary N) is 3. The lowest BCUT2D eigenvalue weighted by Gasteiger charge is -2.39. The van der Waals surface area contributed by atoms with Crippen molar-refractivity contribution in [3.8, 4) is 45.4 Å². The van der Waals surface area contributed by atoms with Crippen molar-refractivity contribution in [3.05, 3.63) is 150 Å². The number of thiocarbonyl (C=S) groups is 1. The van der Waals surface area contributed by atoms with E-state index in [1.807, 2.05) is 12.1 Å². The zero-order valence-corrected chi connectivity index (χ0v) is 42.1. The van der Waals surface area contributed by atoms with Crippen LogP contribution in [0, 0.1) is 0 Å². The second kappa shape index (κ2) is 20.1. The van der Waals surface area contributed by atoms with E-state index in [0.29, 0.717) is 53.1 Å². The lowest BCUT2D eigenvalue weighted by molar-refractivity contribution is 0.0502. The van der Waals surface area contributed by atoms with Crippen molar-refractivity contribution in [2.75, 3.05) is 75.9 Å². The molecule has 1 aliphatic carbocycles. The molecule has 382 valence electrons. The molecule has 0 radical (unpaired) electrons. The maximum atomic E-state index is 13.8. The fraction of sp³-hybridized carbons (Fsp3) is 0.305. The van der Waals surface area contributed by atoms with Gasteiger partial charge in [0.15, 0.2) is 10.5 Å². The van der Waals surface area contributed by atoms with Gasteiger partial charge in [0.05, 0.1) is 43.1 Å². The number of carboxylic acid groups (broad SMARTS) is 1. The number of aromatic hydroxyl groups is 2. The summed E-state index contributed by atoms with van der Waals surface area (Å²) in [7, 11) is 0. The minimum atomic E-state index is -1.17. The average molecular weight is 1030 g/mol. The van der Waals surface area contributed by atoms with Gasteiger partial charge in [-0.15, -0.1) is 0 Å². The van der Waals surface area contributed by atoms with Crippen LogP contribution in [-0.2, 0) is 35.2 Å². The van der Waals surface area contributed by atoms with Gasteiger partial charge in [0.1, 0.15) is 47.4 Å². The van der Waals surface area contributed by atoms with E-state index in [2.05, 4.69) is 37.6 Å². The van der Waals surface area contributed by atoms with Crippen LogP contribution in [0.25, 0.3) is 39.0 Å². The molecule has 6 heterocycles. The Morgan fingerprint density at radius 3 is 2.31 bits per heavy atom. The summed E-state index contributed by atoms with van der Waals surface area (Å²) in [5, 5.41) is 43.9. The number of nitrogens with zero attached hydrogens (tertiary/aromatic N) is 2. The fourth-order valence-corrected chi connectivity index (χ4v) is 12.2. The molecule has 0 atom stereocenters. The number of carbonyl (C=O) groups is 2. The Balaban J connectivity index is 0.661. The monoisotopic (exact) mass is 1030 g/mol. The van der Waals surface area contributed by atoms with E-state index < -0.39 is 11.9 Å². The van der Waals surface area contributed by atoms with Gasteiger partial charge in [0.25, 0.3) is 5.91 Å². The molecule has 6 aliphatic heterocycles. The molecule has 6 N–H and O–H groups in total. The van der Waals surface area contributed by atoms with Crippen molar-refractivity contribution in [2.45, 2.75) is 51.4 Å². The first-order valence-corrected chi connectivity index (χ1v) is 26.3. The molecule has 12 rings (SSSR count). The molecule has 0 bridgehead atoms. The molecule has 15 nitrogen and oxygen atoms in total. The van der Waals surface area contributed by atoms with Gasteiger partial charge in [-0.3, -0.25) is 9.59 Å². The first-order chi connectivity index (χ1) is 36.6. The zero-order chi connectivity index (χ0) is 51.3. The molecule has 5 aromatic rings. The molecule has 16 heteroatoms. The number of aryl methyl sites for hydroxylation is 2. The second-order valence-corrected chi connectivity index (χ2v) is 20.2. The highest BCUT2D eigenvalue weighted by Crippen LogP contribution is 2.49. The Morgan fingerprint density at radius 1 is 0.720 bits per heavy atom. The lowest BCUT2D eigenvalue weighted by Crippen LogP contribution is -2.45. The Hall–Kier alpha value is -7.79. The summed E-state index contributed by atoms with van der Waals surface area (Å²) in [5.41, 5.74) is 11.8. The van der Waals surface area contributed by atoms with Crippen molar-refractivity contribution in [1.29, 1.82) is 0 Å². The molecule has 0 saturated carbocycles. The molecule has 75 heavy (non-hydrogen) atoms. The number of amides is 1. The highest BCUT2D eigenvalue weighted by Gasteiger charge is 2.36. The van der Waals surface area contributed by atoms with Gasteiger partial charge < -0.3 is 54.8 Å². The first-order valence-electron chi connectivity index (χ1n) is 25.9. The second-order valence-electron chi connectivity index (χ2n) is 19.8. The SMILES string of the molecule is O=C(NCCOCCOCCNC(=S)Nc1ccc(-c2c3ccc(=O)cc-3oc3cc(O)ccc23)c(C(=O)O)c1)c1cc(C2=c3cc4c5c(c3Oc3c2cc2c6c3CCCN6CCC2)CCC[N+]=5CCC4)ccc1O. The number of aromatic carboxylic acids is 1. The van der Waals surface area contributed by atoms with Crippen molar-refractivity contribution < 1.29 is 43.5 Å². The van der Waals surface area contributed by atoms with Crippen LogP contribution in [0.15, 0.2) is 94.1 Å². The number of hydrogen-bond donors (Lipinski definition) is 6. The van der Waals surface area contributed by atoms with Gasteiger partial charge in [0, 0.05) is 107 Å². The molecule has 0 aromatic heterocycles. The Kier molecular flexibility index (Phi) is 12.9. The van der Waals surface area contributed by atoms with E-state index in [4.69, 9.17) is 30.8 Å². The van der Waals surface area contributed by atoms with Crippen LogP contribution in [0.1, 0.15) is 79.8 Å². The summed E-state index contributed by atoms with van der Waals surface area (Å²) in [6, 6.07) is 23.8. The number of rotatable bonds is 14. The summed E-state index contributed by atoms with van der Waals surface area (Å²) in [6.07, 6.45) is 8.35. The molecular formula is C59H56N5O10S+. The summed E-state index contributed by atoms with van der Waals surface area (Å²) in [6.45, 7) is 5.98. The third kappa shape index (κ3) is 9.10. The number of fused-ring (bicyclic) bond motifs is 6. The molecule has 0 spiro atoms. The minimum absolute atomic E-state index is 0.00920. The number of phenolic OH excluding ortho intramolecular Hbond substituents is 2. The largest absolute Gasteiger partial charge is 0.508 e. The number of phenols is 2. The van der Waals surface area contributed by atoms with Crippen LogP contribution < -0.4 is 46.2 Å². The third-order valence-corrected chi connectivity index (χ3v) is 15.4. The molecule has 5 aromatic carbocycles. The van der Waals surface area contributed by atoms with Crippen LogP contribution in [0.3, 0.4) is 0 Å². The molecular weight excluding hydrogens is 971 g/mol. The van der Waals surface area contributed by atoms with E-state index in [-0.39, 0.29) is 58.7 Å². The number of hydrogen-bond acceptors (Lipinski definition) is 11. The van der Waals surface area contributed by atoms with Gasteiger partial charge in [-0.2, -0.15) is 0 Å². The van der Waals surface area contributed by atoms with Crippen LogP contribution in [0.4, 0.5) is 11.4 Å². The minimum Gasteiger partial charge on any atom is -0.508 e. The van der Waals surface area contributed by atoms with E-state index in [1.165, 1.54) is 63.6 Å². The highest BCUT2D eigenvalue weighted by atomic mass is 32.1. The Bertz CT molecular complexity index is 3680. The summed E-state index contributed by atoms with van der Waals surface area (Å²) < 4.78 is 27.2. The number of anilines is 2. The Morgan fingerprint density at radius 2 is 1.48 bits per heavy atom. The van der Waals surface area contributed by atoms with Crippen molar-refractivity contribution in [2.24, 2.45) is 0 Å². The van der Waals surface area contributed by atoms with Crippen molar-refractivity contribution >= 4 is 57.1 Å². The predicted molar refractivity (Wildman–Crippen MR) is 290 cm³/mol. The number of benzene rings is 6. The first kappa shape index (κ1) is 48.2. The van der Waals surface area contributed by atoms with Crippen molar-refractivity contribution in [1.82, 2.24) is 15.2 Å². The summed E-state index contributed by atoms with van der Waals surface area (Å²) in [5.74, 6) is 0.452. The van der Waals surface area contributed by atoms with E-state index in [9.17, 15) is 29.7 Å². The van der Waals surface area contributed by atoms with Crippen LogP contribution in [0.2, 0.25) is 0 Å². The van der Waals surface area contributed by atoms with Gasteiger partial charge >= 0.3 is 5.97 Å². The molecule has 0 fully saturated rings. The van der Waals surface area contributed by atoms with E-state index in [0.717, 1.165) is 111 Å². The normalized spacial score (nSPS) is 15.1. The quantitative estimate of drug-likeness (QED) is 0.0286. The smallest absolute Gasteiger partial charge is 0.336 e. The summed E-state index contributed by atoms with van der Waals surface area (Å²) in [4.78, 5) is 41.2. The van der Waals surface area contributed by atoms with Crippen LogP contribution in [-0.4, -0.2) is 98.0 Å². The molecule has 7 aliphatic rings. The van der Waals surface area contributed by atoms with Gasteiger partial charge in [-0.1, -0.05) is 12.1 Å². The summed E-state index contributed by atoms with van der Waals surface area (Å²) >= 11 is 5.50. The third-order valence-electron chi connectivity index (χ3n) is 15.1. The predicted octanol–water partition coefficient (Wildman–Crippen LogP) is 6.86. The fourth-order valence-electron chi connectivity index (χ4n) is 11.9. The molecule has 1 amide bonds. The van der Waals surface area contributed by atoms with E-state index >= 15 is 0 Å². The lowest BCUT2D eigenvalue weighted by atomic mass is 9.82. The zero-order valence-electron chi connectivity index (χ0n) is 41.3. The molecule has 0 unspecified atom stereocenters. The highest BCUT2D eigenvalue weighted by molar-refractivity contribution is 7.80. The molecule has 0 saturated heterocycles. The number of ether oxygens (including phenoxy) is 3. The maximum Gasteiger partial charge on any atom is 0.336 e. The van der Waals surface area contributed by atoms with E-state index in [1.54, 1.807) is 30.3 Å². The standard InChI is InChI=1S/C59H55N5O10S/c65-37-11-14-40-49(31-37)73-50-32-38(66)12-15-41(50)52(40)39-13-10-36(30-44(39)58(69)70)62-59(75)61-18-24-72-26-25-71-23-17-60-57(68)45-27-33(9-16-48(45)67)51-46-28-34-5-1-19-63-21-3-7-42(53(34)63)55(46)74-56-43-8-4-22-64-20-2-6-35(54(43)64)29-47(51)56/h9-16,27-32H,1-8,17-26H2,(H5,60,61,62,65,66,68,69,70,75)/p+1. The van der Waals surface area contributed by atoms with Gasteiger partial charge in [-0.05, 0) is 128 Å².